The Labute approximate surface area is 148 Å². The average Bonchev–Trinajstić information content (AvgIpc) is 2.64. The molecule has 0 aliphatic rings. The molecule has 1 N–H and O–H groups in total. The Morgan fingerprint density at radius 2 is 1.72 bits per heavy atom. The van der Waals surface area contributed by atoms with Gasteiger partial charge in [0.2, 0.25) is 0 Å². The molecule has 6 heteroatoms. The maximum Gasteiger partial charge on any atom is 0.255 e. The third-order valence-electron chi connectivity index (χ3n) is 3.96. The van der Waals surface area contributed by atoms with Gasteiger partial charge in [-0.1, -0.05) is 6.92 Å². The number of nitrogens with zero attached hydrogens (tertiary/aromatic N) is 1. The predicted molar refractivity (Wildman–Crippen MR) is 95.6 cm³/mol. The van der Waals surface area contributed by atoms with Crippen molar-refractivity contribution in [3.05, 3.63) is 47.3 Å². The summed E-state index contributed by atoms with van der Waals surface area (Å²) in [7, 11) is 4.57. The number of rotatable bonds is 7. The first-order valence-corrected chi connectivity index (χ1v) is 8.07. The van der Waals surface area contributed by atoms with E-state index in [0.29, 0.717) is 22.8 Å². The average molecular weight is 344 g/mol. The van der Waals surface area contributed by atoms with Crippen LogP contribution in [-0.2, 0) is 0 Å². The zero-order valence-electron chi connectivity index (χ0n) is 15.3. The molecule has 0 aliphatic carbocycles. The summed E-state index contributed by atoms with van der Waals surface area (Å²) in [4.78, 5) is 17.2. The lowest BCUT2D eigenvalue weighted by Gasteiger charge is -2.19. The third-order valence-corrected chi connectivity index (χ3v) is 3.96. The van der Waals surface area contributed by atoms with E-state index < -0.39 is 0 Å². The van der Waals surface area contributed by atoms with E-state index in [1.807, 2.05) is 26.0 Å². The van der Waals surface area contributed by atoms with Crippen molar-refractivity contribution in [3.8, 4) is 17.2 Å². The van der Waals surface area contributed by atoms with Gasteiger partial charge in [-0.3, -0.25) is 9.78 Å². The van der Waals surface area contributed by atoms with E-state index in [9.17, 15) is 4.79 Å². The normalized spacial score (nSPS) is 11.6. The molecule has 0 spiro atoms. The minimum Gasteiger partial charge on any atom is -0.496 e. The second-order valence-corrected chi connectivity index (χ2v) is 5.60. The number of carbonyl (C=O) groups excluding carboxylic acids is 1. The smallest absolute Gasteiger partial charge is 0.255 e. The van der Waals surface area contributed by atoms with Crippen molar-refractivity contribution in [2.75, 3.05) is 21.3 Å². The maximum absolute atomic E-state index is 12.8. The van der Waals surface area contributed by atoms with E-state index in [1.54, 1.807) is 18.3 Å². The molecular weight excluding hydrogens is 320 g/mol. The number of amides is 1. The lowest BCUT2D eigenvalue weighted by Crippen LogP contribution is -2.29. The highest BCUT2D eigenvalue weighted by Gasteiger charge is 2.21. The molecule has 0 radical (unpaired) electrons. The van der Waals surface area contributed by atoms with E-state index in [2.05, 4.69) is 10.3 Å². The molecule has 0 unspecified atom stereocenters. The van der Waals surface area contributed by atoms with Gasteiger partial charge in [-0.2, -0.15) is 0 Å². The first kappa shape index (κ1) is 18.6. The fourth-order valence-electron chi connectivity index (χ4n) is 2.58. The van der Waals surface area contributed by atoms with Crippen molar-refractivity contribution in [2.24, 2.45) is 0 Å². The van der Waals surface area contributed by atoms with E-state index in [0.717, 1.165) is 17.7 Å². The number of carbonyl (C=O) groups is 1. The molecule has 1 aromatic heterocycles. The van der Waals surface area contributed by atoms with Gasteiger partial charge in [0.1, 0.15) is 5.75 Å². The van der Waals surface area contributed by atoms with E-state index in [4.69, 9.17) is 14.2 Å². The van der Waals surface area contributed by atoms with Gasteiger partial charge < -0.3 is 19.5 Å². The minimum atomic E-state index is -0.257. The first-order chi connectivity index (χ1) is 12.0. The van der Waals surface area contributed by atoms with Crippen molar-refractivity contribution < 1.29 is 19.0 Å². The van der Waals surface area contributed by atoms with Gasteiger partial charge in [0, 0.05) is 18.3 Å². The van der Waals surface area contributed by atoms with E-state index in [-0.39, 0.29) is 11.9 Å². The Hall–Kier alpha value is -2.76. The summed E-state index contributed by atoms with van der Waals surface area (Å²) in [6, 6.07) is 6.96. The van der Waals surface area contributed by atoms with Crippen LogP contribution in [0.2, 0.25) is 0 Å². The van der Waals surface area contributed by atoms with Gasteiger partial charge in [-0.15, -0.1) is 0 Å². The van der Waals surface area contributed by atoms with Crippen LogP contribution in [0.15, 0.2) is 30.5 Å². The molecule has 0 saturated heterocycles. The highest BCUT2D eigenvalue weighted by atomic mass is 16.5. The first-order valence-electron chi connectivity index (χ1n) is 8.07. The highest BCUT2D eigenvalue weighted by Crippen LogP contribution is 2.34. The Kier molecular flexibility index (Phi) is 6.22. The van der Waals surface area contributed by atoms with Crippen molar-refractivity contribution in [2.45, 2.75) is 26.3 Å². The van der Waals surface area contributed by atoms with Crippen LogP contribution in [0.25, 0.3) is 0 Å². The van der Waals surface area contributed by atoms with Crippen LogP contribution in [0, 0.1) is 6.92 Å². The van der Waals surface area contributed by atoms with Crippen molar-refractivity contribution >= 4 is 5.91 Å². The topological polar surface area (TPSA) is 69.7 Å². The number of aryl methyl sites for hydroxylation is 1. The summed E-state index contributed by atoms with van der Waals surface area (Å²) in [6.07, 6.45) is 2.47. The van der Waals surface area contributed by atoms with E-state index >= 15 is 0 Å². The standard InChI is InChI=1S/C19H24N2O4/c1-6-14(15-9-12(2)7-8-20-15)21-19(22)13-10-17(24-4)18(25-5)11-16(13)23-3/h7-11,14H,6H2,1-5H3,(H,21,22)/t14-/m1/s1. The molecule has 134 valence electrons. The number of pyridine rings is 1. The van der Waals surface area contributed by atoms with Crippen LogP contribution in [0.1, 0.15) is 41.0 Å². The molecule has 0 bridgehead atoms. The summed E-state index contributed by atoms with van der Waals surface area (Å²) >= 11 is 0. The Morgan fingerprint density at radius 1 is 1.08 bits per heavy atom. The molecular formula is C19H24N2O4. The zero-order chi connectivity index (χ0) is 18.4. The molecule has 2 aromatic rings. The lowest BCUT2D eigenvalue weighted by atomic mass is 10.1. The Bertz CT molecular complexity index is 746. The number of nitrogens with one attached hydrogen (secondary N) is 1. The highest BCUT2D eigenvalue weighted by molar-refractivity contribution is 5.98. The van der Waals surface area contributed by atoms with Gasteiger partial charge in [0.15, 0.2) is 11.5 Å². The van der Waals surface area contributed by atoms with Gasteiger partial charge >= 0.3 is 0 Å². The summed E-state index contributed by atoms with van der Waals surface area (Å²) in [5.74, 6) is 1.13. The Morgan fingerprint density at radius 3 is 2.28 bits per heavy atom. The molecule has 1 heterocycles. The number of ether oxygens (including phenoxy) is 3. The molecule has 0 saturated carbocycles. The number of benzene rings is 1. The molecule has 2 rings (SSSR count). The van der Waals surface area contributed by atoms with Crippen LogP contribution in [-0.4, -0.2) is 32.2 Å². The number of hydrogen-bond acceptors (Lipinski definition) is 5. The lowest BCUT2D eigenvalue weighted by molar-refractivity contribution is 0.0931. The van der Waals surface area contributed by atoms with Crippen LogP contribution in [0.4, 0.5) is 0 Å². The number of aromatic nitrogens is 1. The summed E-state index contributed by atoms with van der Waals surface area (Å²) in [5.41, 5.74) is 2.31. The molecule has 1 atom stereocenters. The van der Waals surface area contributed by atoms with Gasteiger partial charge in [0.05, 0.1) is 38.6 Å². The molecule has 0 fully saturated rings. The second kappa shape index (κ2) is 8.37. The van der Waals surface area contributed by atoms with Crippen LogP contribution >= 0.6 is 0 Å². The van der Waals surface area contributed by atoms with Crippen LogP contribution in [0.3, 0.4) is 0 Å². The molecule has 1 aromatic carbocycles. The predicted octanol–water partition coefficient (Wildman–Crippen LogP) is 3.30. The fraction of sp³-hybridized carbons (Fsp3) is 0.368. The SMILES string of the molecule is CC[C@@H](NC(=O)c1cc(OC)c(OC)cc1OC)c1cc(C)ccn1. The van der Waals surface area contributed by atoms with Crippen molar-refractivity contribution in [3.63, 3.8) is 0 Å². The van der Waals surface area contributed by atoms with Crippen molar-refractivity contribution in [1.29, 1.82) is 0 Å². The van der Waals surface area contributed by atoms with Gasteiger partial charge in [-0.05, 0) is 31.0 Å². The zero-order valence-corrected chi connectivity index (χ0v) is 15.3. The molecule has 0 aliphatic heterocycles. The van der Waals surface area contributed by atoms with E-state index in [1.165, 1.54) is 21.3 Å². The Balaban J connectivity index is 2.32. The summed E-state index contributed by atoms with van der Waals surface area (Å²) in [6.45, 7) is 4.00. The maximum atomic E-state index is 12.8. The van der Waals surface area contributed by atoms with Gasteiger partial charge in [-0.25, -0.2) is 0 Å². The molecule has 6 nitrogen and oxygen atoms in total. The number of hydrogen-bond donors (Lipinski definition) is 1. The number of methoxy groups -OCH3 is 3. The summed E-state index contributed by atoms with van der Waals surface area (Å²) in [5, 5.41) is 3.01. The minimum absolute atomic E-state index is 0.190. The molecule has 25 heavy (non-hydrogen) atoms. The fourth-order valence-corrected chi connectivity index (χ4v) is 2.58. The summed E-state index contributed by atoms with van der Waals surface area (Å²) < 4.78 is 15.9. The largest absolute Gasteiger partial charge is 0.496 e. The van der Waals surface area contributed by atoms with Gasteiger partial charge in [0.25, 0.3) is 5.91 Å². The monoisotopic (exact) mass is 344 g/mol. The van der Waals surface area contributed by atoms with Crippen molar-refractivity contribution in [1.82, 2.24) is 10.3 Å². The molecule has 1 amide bonds. The quantitative estimate of drug-likeness (QED) is 0.834. The second-order valence-electron chi connectivity index (χ2n) is 5.60. The van der Waals surface area contributed by atoms with Crippen LogP contribution in [0.5, 0.6) is 17.2 Å². The third kappa shape index (κ3) is 4.21. The van der Waals surface area contributed by atoms with Crippen LogP contribution < -0.4 is 19.5 Å².